The fraction of sp³-hybridized carbons (Fsp3) is 0.333. The number of carbonyl (C=O) groups excluding carboxylic acids is 1. The van der Waals surface area contributed by atoms with Gasteiger partial charge in [-0.15, -0.1) is 0 Å². The van der Waals surface area contributed by atoms with E-state index in [9.17, 15) is 14.7 Å². The molecule has 90 valence electrons. The van der Waals surface area contributed by atoms with E-state index in [4.69, 9.17) is 5.11 Å². The summed E-state index contributed by atoms with van der Waals surface area (Å²) in [6.07, 6.45) is 1.61. The Balaban J connectivity index is 2.19. The summed E-state index contributed by atoms with van der Waals surface area (Å²) >= 11 is 0. The molecule has 17 heavy (non-hydrogen) atoms. The van der Waals surface area contributed by atoms with Crippen molar-refractivity contribution in [2.24, 2.45) is 5.92 Å². The van der Waals surface area contributed by atoms with Gasteiger partial charge in [0, 0.05) is 11.5 Å². The first-order valence-electron chi connectivity index (χ1n) is 5.40. The quantitative estimate of drug-likeness (QED) is 0.727. The molecule has 1 fully saturated rings. The molecule has 0 bridgehead atoms. The molecule has 0 aromatic heterocycles. The standard InChI is InChI=1S/C12H13NO4/c14-9-4-2-1-3-8(9)10(12(16)17)13-11(15)7-5-6-7/h1-4,7,10,14H,5-6H2,(H,13,15)(H,16,17). The number of phenolic OH excluding ortho intramolecular Hbond substituents is 1. The van der Waals surface area contributed by atoms with Gasteiger partial charge in [-0.3, -0.25) is 4.79 Å². The molecule has 1 saturated carbocycles. The van der Waals surface area contributed by atoms with Crippen molar-refractivity contribution < 1.29 is 19.8 Å². The SMILES string of the molecule is O=C(NC(C(=O)O)c1ccccc1O)C1CC1. The van der Waals surface area contributed by atoms with Crippen LogP contribution in [0.25, 0.3) is 0 Å². The van der Waals surface area contributed by atoms with E-state index in [-0.39, 0.29) is 23.1 Å². The minimum absolute atomic E-state index is 0.0669. The van der Waals surface area contributed by atoms with Crippen molar-refractivity contribution in [3.8, 4) is 5.75 Å². The monoisotopic (exact) mass is 235 g/mol. The first-order chi connectivity index (χ1) is 8.09. The molecular formula is C12H13NO4. The van der Waals surface area contributed by atoms with Crippen molar-refractivity contribution in [2.75, 3.05) is 0 Å². The molecule has 1 aliphatic carbocycles. The van der Waals surface area contributed by atoms with Crippen LogP contribution in [-0.2, 0) is 9.59 Å². The van der Waals surface area contributed by atoms with Gasteiger partial charge in [0.25, 0.3) is 0 Å². The van der Waals surface area contributed by atoms with Crippen LogP contribution < -0.4 is 5.32 Å². The zero-order valence-electron chi connectivity index (χ0n) is 9.09. The van der Waals surface area contributed by atoms with Crippen LogP contribution in [0.1, 0.15) is 24.4 Å². The maximum Gasteiger partial charge on any atom is 0.331 e. The summed E-state index contributed by atoms with van der Waals surface area (Å²) in [6.45, 7) is 0. The van der Waals surface area contributed by atoms with E-state index in [1.54, 1.807) is 12.1 Å². The Bertz CT molecular complexity index is 454. The molecule has 2 rings (SSSR count). The largest absolute Gasteiger partial charge is 0.508 e. The lowest BCUT2D eigenvalue weighted by atomic mass is 10.1. The molecule has 0 radical (unpaired) electrons. The summed E-state index contributed by atoms with van der Waals surface area (Å²) in [5.41, 5.74) is 0.203. The Hall–Kier alpha value is -2.04. The zero-order chi connectivity index (χ0) is 12.4. The molecule has 0 saturated heterocycles. The molecule has 1 unspecified atom stereocenters. The summed E-state index contributed by atoms with van der Waals surface area (Å²) in [5, 5.41) is 21.1. The Kier molecular flexibility index (Phi) is 2.99. The van der Waals surface area contributed by atoms with Gasteiger partial charge >= 0.3 is 5.97 Å². The van der Waals surface area contributed by atoms with Crippen LogP contribution in [0.4, 0.5) is 0 Å². The molecule has 1 amide bonds. The molecule has 1 aliphatic rings. The minimum Gasteiger partial charge on any atom is -0.508 e. The molecule has 0 aliphatic heterocycles. The highest BCUT2D eigenvalue weighted by Crippen LogP contribution is 2.31. The Morgan fingerprint density at radius 3 is 2.47 bits per heavy atom. The van der Waals surface area contributed by atoms with Crippen molar-refractivity contribution >= 4 is 11.9 Å². The highest BCUT2D eigenvalue weighted by atomic mass is 16.4. The van der Waals surface area contributed by atoms with Crippen LogP contribution in [-0.4, -0.2) is 22.1 Å². The summed E-state index contributed by atoms with van der Waals surface area (Å²) in [6, 6.07) is 4.91. The average molecular weight is 235 g/mol. The van der Waals surface area contributed by atoms with E-state index < -0.39 is 12.0 Å². The van der Waals surface area contributed by atoms with Gasteiger partial charge in [0.05, 0.1) is 0 Å². The van der Waals surface area contributed by atoms with Crippen molar-refractivity contribution in [1.29, 1.82) is 0 Å². The number of aliphatic carboxylic acids is 1. The van der Waals surface area contributed by atoms with E-state index in [1.807, 2.05) is 0 Å². The maximum absolute atomic E-state index is 11.5. The normalized spacial score (nSPS) is 16.2. The van der Waals surface area contributed by atoms with Gasteiger partial charge in [-0.05, 0) is 18.9 Å². The van der Waals surface area contributed by atoms with E-state index in [2.05, 4.69) is 5.32 Å². The summed E-state index contributed by atoms with van der Waals surface area (Å²) in [7, 11) is 0. The number of hydrogen-bond donors (Lipinski definition) is 3. The number of amides is 1. The Labute approximate surface area is 98.1 Å². The van der Waals surface area contributed by atoms with Gasteiger partial charge in [-0.25, -0.2) is 4.79 Å². The molecule has 5 heteroatoms. The number of aromatic hydroxyl groups is 1. The van der Waals surface area contributed by atoms with Crippen LogP contribution in [0.2, 0.25) is 0 Å². The summed E-state index contributed by atoms with van der Waals surface area (Å²) < 4.78 is 0. The number of nitrogens with one attached hydrogen (secondary N) is 1. The average Bonchev–Trinajstić information content (AvgIpc) is 3.10. The van der Waals surface area contributed by atoms with Crippen LogP contribution in [0.15, 0.2) is 24.3 Å². The molecular weight excluding hydrogens is 222 g/mol. The molecule has 3 N–H and O–H groups in total. The smallest absolute Gasteiger partial charge is 0.331 e. The van der Waals surface area contributed by atoms with Crippen LogP contribution in [0.3, 0.4) is 0 Å². The molecule has 1 atom stereocenters. The lowest BCUT2D eigenvalue weighted by molar-refractivity contribution is -0.142. The van der Waals surface area contributed by atoms with Gasteiger partial charge < -0.3 is 15.5 Å². The summed E-state index contributed by atoms with van der Waals surface area (Å²) in [4.78, 5) is 22.7. The third kappa shape index (κ3) is 2.55. The van der Waals surface area contributed by atoms with Gasteiger partial charge in [0.1, 0.15) is 5.75 Å². The van der Waals surface area contributed by atoms with E-state index in [0.717, 1.165) is 12.8 Å². The fourth-order valence-electron chi connectivity index (χ4n) is 1.61. The number of hydrogen-bond acceptors (Lipinski definition) is 3. The number of carboxylic acids is 1. The topological polar surface area (TPSA) is 86.6 Å². The highest BCUT2D eigenvalue weighted by Gasteiger charge is 2.33. The number of para-hydroxylation sites is 1. The van der Waals surface area contributed by atoms with E-state index in [0.29, 0.717) is 0 Å². The molecule has 0 spiro atoms. The van der Waals surface area contributed by atoms with Crippen LogP contribution >= 0.6 is 0 Å². The van der Waals surface area contributed by atoms with E-state index >= 15 is 0 Å². The van der Waals surface area contributed by atoms with Crippen molar-refractivity contribution in [3.63, 3.8) is 0 Å². The predicted octanol–water partition coefficient (Wildman–Crippen LogP) is 1.04. The number of carbonyl (C=O) groups is 2. The van der Waals surface area contributed by atoms with Gasteiger partial charge in [-0.2, -0.15) is 0 Å². The van der Waals surface area contributed by atoms with Crippen LogP contribution in [0.5, 0.6) is 5.75 Å². The second-order valence-corrected chi connectivity index (χ2v) is 4.11. The third-order valence-corrected chi connectivity index (χ3v) is 2.73. The van der Waals surface area contributed by atoms with Crippen molar-refractivity contribution in [1.82, 2.24) is 5.32 Å². The van der Waals surface area contributed by atoms with E-state index in [1.165, 1.54) is 12.1 Å². The van der Waals surface area contributed by atoms with Gasteiger partial charge in [0.2, 0.25) is 5.91 Å². The first kappa shape index (κ1) is 11.4. The Morgan fingerprint density at radius 2 is 1.94 bits per heavy atom. The molecule has 0 heterocycles. The van der Waals surface area contributed by atoms with Gasteiger partial charge in [-0.1, -0.05) is 18.2 Å². The first-order valence-corrected chi connectivity index (χ1v) is 5.40. The number of carboxylic acid groups (broad SMARTS) is 1. The number of phenols is 1. The van der Waals surface area contributed by atoms with Gasteiger partial charge in [0.15, 0.2) is 6.04 Å². The predicted molar refractivity (Wildman–Crippen MR) is 59.4 cm³/mol. The van der Waals surface area contributed by atoms with Crippen molar-refractivity contribution in [3.05, 3.63) is 29.8 Å². The lowest BCUT2D eigenvalue weighted by Crippen LogP contribution is -2.34. The minimum atomic E-state index is -1.19. The molecule has 1 aromatic rings. The van der Waals surface area contributed by atoms with Crippen LogP contribution in [0, 0.1) is 5.92 Å². The maximum atomic E-state index is 11.5. The Morgan fingerprint density at radius 1 is 1.29 bits per heavy atom. The molecule has 5 nitrogen and oxygen atoms in total. The lowest BCUT2D eigenvalue weighted by Gasteiger charge is -2.15. The van der Waals surface area contributed by atoms with Crippen molar-refractivity contribution in [2.45, 2.75) is 18.9 Å². The zero-order valence-corrected chi connectivity index (χ0v) is 9.09. The fourth-order valence-corrected chi connectivity index (χ4v) is 1.61. The molecule has 1 aromatic carbocycles. The summed E-state index contributed by atoms with van der Waals surface area (Å²) in [5.74, 6) is -1.64. The second kappa shape index (κ2) is 4.45. The highest BCUT2D eigenvalue weighted by molar-refractivity contribution is 5.87. The third-order valence-electron chi connectivity index (χ3n) is 2.73. The number of rotatable bonds is 4. The number of benzene rings is 1. The second-order valence-electron chi connectivity index (χ2n) is 4.11.